The molecule has 1 atom stereocenters. The fourth-order valence-electron chi connectivity index (χ4n) is 2.52. The normalized spacial score (nSPS) is 12.1. The number of unbranched alkanes of at least 4 members (excludes halogenated alkanes) is 1. The molecule has 0 heterocycles. The second kappa shape index (κ2) is 11.2. The van der Waals surface area contributed by atoms with E-state index in [4.69, 9.17) is 4.74 Å². The monoisotopic (exact) mass is 343 g/mol. The predicted molar refractivity (Wildman–Crippen MR) is 105 cm³/mol. The summed E-state index contributed by atoms with van der Waals surface area (Å²) in [5.41, 5.74) is 1.24. The first-order chi connectivity index (χ1) is 11.8. The van der Waals surface area contributed by atoms with E-state index in [1.807, 2.05) is 11.8 Å². The van der Waals surface area contributed by atoms with Crippen LogP contribution in [0.15, 0.2) is 59.5 Å². The number of hydrogen-bond acceptors (Lipinski definition) is 3. The van der Waals surface area contributed by atoms with Crippen molar-refractivity contribution in [3.05, 3.63) is 60.2 Å². The maximum absolute atomic E-state index is 6.45. The minimum atomic E-state index is 0.0816. The zero-order chi connectivity index (χ0) is 17.0. The molecule has 2 aromatic carbocycles. The SMILES string of the molecule is CCCCSc1ccccc1O[C@@H](CCNCC)c1ccccc1. The Balaban J connectivity index is 2.10. The van der Waals surface area contributed by atoms with E-state index < -0.39 is 0 Å². The van der Waals surface area contributed by atoms with Crippen molar-refractivity contribution in [1.82, 2.24) is 5.32 Å². The zero-order valence-corrected chi connectivity index (χ0v) is 15.6. The fourth-order valence-corrected chi connectivity index (χ4v) is 3.60. The Morgan fingerprint density at radius 1 is 1.00 bits per heavy atom. The third-order valence-electron chi connectivity index (χ3n) is 3.88. The van der Waals surface area contributed by atoms with Gasteiger partial charge in [0, 0.05) is 11.3 Å². The standard InChI is InChI=1S/C21H29NOS/c1-3-5-17-24-21-14-10-9-13-20(21)23-19(15-16-22-4-2)18-11-7-6-8-12-18/h6-14,19,22H,3-5,15-17H2,1-2H3/t19-/m0/s1. The lowest BCUT2D eigenvalue weighted by Gasteiger charge is -2.21. The van der Waals surface area contributed by atoms with Crippen molar-refractivity contribution in [3.8, 4) is 5.75 Å². The molecule has 0 saturated heterocycles. The van der Waals surface area contributed by atoms with E-state index in [1.54, 1.807) is 0 Å². The van der Waals surface area contributed by atoms with Crippen molar-refractivity contribution < 1.29 is 4.74 Å². The van der Waals surface area contributed by atoms with Gasteiger partial charge in [-0.2, -0.15) is 0 Å². The molecule has 0 aromatic heterocycles. The zero-order valence-electron chi connectivity index (χ0n) is 14.8. The molecule has 0 bridgehead atoms. The van der Waals surface area contributed by atoms with Gasteiger partial charge in [0.25, 0.3) is 0 Å². The van der Waals surface area contributed by atoms with E-state index >= 15 is 0 Å². The van der Waals surface area contributed by atoms with Crippen LogP contribution in [0.25, 0.3) is 0 Å². The first-order valence-corrected chi connectivity index (χ1v) is 9.97. The molecule has 0 radical (unpaired) electrons. The summed E-state index contributed by atoms with van der Waals surface area (Å²) in [6.45, 7) is 6.32. The van der Waals surface area contributed by atoms with Gasteiger partial charge in [-0.15, -0.1) is 11.8 Å². The van der Waals surface area contributed by atoms with Gasteiger partial charge in [0.05, 0.1) is 0 Å². The number of benzene rings is 2. The van der Waals surface area contributed by atoms with Crippen LogP contribution in [0.5, 0.6) is 5.75 Å². The average Bonchev–Trinajstić information content (AvgIpc) is 2.63. The van der Waals surface area contributed by atoms with Crippen molar-refractivity contribution in [2.75, 3.05) is 18.8 Å². The van der Waals surface area contributed by atoms with Crippen LogP contribution in [0.3, 0.4) is 0 Å². The number of hydrogen-bond donors (Lipinski definition) is 1. The molecule has 3 heteroatoms. The maximum Gasteiger partial charge on any atom is 0.133 e. The molecule has 24 heavy (non-hydrogen) atoms. The summed E-state index contributed by atoms with van der Waals surface area (Å²) < 4.78 is 6.45. The molecule has 0 aliphatic rings. The fraction of sp³-hybridized carbons (Fsp3) is 0.429. The van der Waals surface area contributed by atoms with Gasteiger partial charge in [-0.3, -0.25) is 0 Å². The van der Waals surface area contributed by atoms with E-state index in [0.29, 0.717) is 0 Å². The van der Waals surface area contributed by atoms with Crippen LogP contribution in [0.2, 0.25) is 0 Å². The third kappa shape index (κ3) is 6.21. The summed E-state index contributed by atoms with van der Waals surface area (Å²) >= 11 is 1.90. The number of thioether (sulfide) groups is 1. The number of para-hydroxylation sites is 1. The molecule has 0 aliphatic carbocycles. The van der Waals surface area contributed by atoms with Crippen LogP contribution in [0, 0.1) is 0 Å². The number of rotatable bonds is 11. The van der Waals surface area contributed by atoms with Crippen LogP contribution >= 0.6 is 11.8 Å². The van der Waals surface area contributed by atoms with E-state index in [0.717, 1.165) is 31.0 Å². The summed E-state index contributed by atoms with van der Waals surface area (Å²) in [5.74, 6) is 2.15. The Morgan fingerprint density at radius 2 is 1.75 bits per heavy atom. The molecular formula is C21H29NOS. The predicted octanol–water partition coefficient (Wildman–Crippen LogP) is 5.70. The third-order valence-corrected chi connectivity index (χ3v) is 5.02. The van der Waals surface area contributed by atoms with Crippen molar-refractivity contribution in [1.29, 1.82) is 0 Å². The van der Waals surface area contributed by atoms with Crippen LogP contribution in [-0.2, 0) is 0 Å². The first kappa shape index (κ1) is 18.9. The summed E-state index contributed by atoms with van der Waals surface area (Å²) in [5, 5.41) is 3.41. The molecule has 2 nitrogen and oxygen atoms in total. The van der Waals surface area contributed by atoms with Gasteiger partial charge in [0.2, 0.25) is 0 Å². The lowest BCUT2D eigenvalue weighted by molar-refractivity contribution is 0.189. The van der Waals surface area contributed by atoms with Gasteiger partial charge in [-0.05, 0) is 43.0 Å². The van der Waals surface area contributed by atoms with E-state index in [2.05, 4.69) is 73.8 Å². The molecule has 1 N–H and O–H groups in total. The lowest BCUT2D eigenvalue weighted by Crippen LogP contribution is -2.19. The van der Waals surface area contributed by atoms with Crippen molar-refractivity contribution in [3.63, 3.8) is 0 Å². The van der Waals surface area contributed by atoms with Gasteiger partial charge in [0.15, 0.2) is 0 Å². The number of nitrogens with one attached hydrogen (secondary N) is 1. The molecule has 130 valence electrons. The van der Waals surface area contributed by atoms with Crippen molar-refractivity contribution >= 4 is 11.8 Å². The quantitative estimate of drug-likeness (QED) is 0.418. The van der Waals surface area contributed by atoms with Crippen LogP contribution in [-0.4, -0.2) is 18.8 Å². The lowest BCUT2D eigenvalue weighted by atomic mass is 10.1. The molecular weight excluding hydrogens is 314 g/mol. The largest absolute Gasteiger partial charge is 0.485 e. The summed E-state index contributed by atoms with van der Waals surface area (Å²) in [6, 6.07) is 19.0. The van der Waals surface area contributed by atoms with Crippen LogP contribution in [0.4, 0.5) is 0 Å². The van der Waals surface area contributed by atoms with Gasteiger partial charge < -0.3 is 10.1 Å². The first-order valence-electron chi connectivity index (χ1n) is 8.99. The van der Waals surface area contributed by atoms with Gasteiger partial charge in [-0.25, -0.2) is 0 Å². The number of ether oxygens (including phenoxy) is 1. The van der Waals surface area contributed by atoms with E-state index in [-0.39, 0.29) is 6.10 Å². The molecule has 0 amide bonds. The molecule has 0 fully saturated rings. The van der Waals surface area contributed by atoms with Crippen molar-refractivity contribution in [2.45, 2.75) is 44.1 Å². The Morgan fingerprint density at radius 3 is 2.50 bits per heavy atom. The van der Waals surface area contributed by atoms with Crippen molar-refractivity contribution in [2.24, 2.45) is 0 Å². The van der Waals surface area contributed by atoms with Crippen LogP contribution < -0.4 is 10.1 Å². The maximum atomic E-state index is 6.45. The Labute approximate surface area is 151 Å². The second-order valence-electron chi connectivity index (χ2n) is 5.81. The molecule has 2 aromatic rings. The molecule has 0 unspecified atom stereocenters. The Bertz CT molecular complexity index is 573. The minimum absolute atomic E-state index is 0.0816. The summed E-state index contributed by atoms with van der Waals surface area (Å²) in [4.78, 5) is 1.25. The summed E-state index contributed by atoms with van der Waals surface area (Å²) in [7, 11) is 0. The highest BCUT2D eigenvalue weighted by atomic mass is 32.2. The molecule has 2 rings (SSSR count). The highest BCUT2D eigenvalue weighted by Crippen LogP contribution is 2.33. The van der Waals surface area contributed by atoms with E-state index in [1.165, 1.54) is 23.3 Å². The molecule has 0 spiro atoms. The van der Waals surface area contributed by atoms with Gasteiger partial charge >= 0.3 is 0 Å². The highest BCUT2D eigenvalue weighted by molar-refractivity contribution is 7.99. The van der Waals surface area contributed by atoms with Gasteiger partial charge in [0.1, 0.15) is 11.9 Å². The summed E-state index contributed by atoms with van der Waals surface area (Å²) in [6.07, 6.45) is 3.51. The molecule has 0 saturated carbocycles. The Hall–Kier alpha value is -1.45. The second-order valence-corrected chi connectivity index (χ2v) is 6.94. The Kier molecular flexibility index (Phi) is 8.78. The average molecular weight is 344 g/mol. The topological polar surface area (TPSA) is 21.3 Å². The van der Waals surface area contributed by atoms with E-state index in [9.17, 15) is 0 Å². The van der Waals surface area contributed by atoms with Gasteiger partial charge in [-0.1, -0.05) is 62.7 Å². The minimum Gasteiger partial charge on any atom is -0.485 e. The van der Waals surface area contributed by atoms with Crippen LogP contribution in [0.1, 0.15) is 44.8 Å². The highest BCUT2D eigenvalue weighted by Gasteiger charge is 2.15. The molecule has 0 aliphatic heterocycles. The smallest absolute Gasteiger partial charge is 0.133 e.